The average Bonchev–Trinajstić information content (AvgIpc) is 2.50. The standard InChI is InChI=1S/C20H20O2/c1-2-3-4-5-6-7-8-9-10-11-12-13-14-15-16-17-18-19-20(21)22/h2,5,8,11,14,17-19H2,1H3,(H,21,22). The number of unbranched alkanes of at least 4 members (excludes halogenated alkanes) is 1. The normalized spacial score (nSPS) is 7.32. The number of rotatable bonds is 3. The van der Waals surface area contributed by atoms with E-state index in [1.165, 1.54) is 0 Å². The van der Waals surface area contributed by atoms with Crippen molar-refractivity contribution in [1.29, 1.82) is 0 Å². The topological polar surface area (TPSA) is 37.3 Å². The molecule has 0 unspecified atom stereocenters. The Balaban J connectivity index is 3.67. The number of hydrogen-bond acceptors (Lipinski definition) is 1. The Morgan fingerprint density at radius 1 is 0.727 bits per heavy atom. The van der Waals surface area contributed by atoms with Gasteiger partial charge in [0.2, 0.25) is 0 Å². The zero-order valence-electron chi connectivity index (χ0n) is 13.0. The van der Waals surface area contributed by atoms with Crippen LogP contribution in [0, 0.1) is 59.2 Å². The zero-order chi connectivity index (χ0) is 16.3. The molecule has 22 heavy (non-hydrogen) atoms. The van der Waals surface area contributed by atoms with Gasteiger partial charge in [-0.2, -0.15) is 0 Å². The minimum Gasteiger partial charge on any atom is -0.481 e. The number of hydrogen-bond donors (Lipinski definition) is 1. The van der Waals surface area contributed by atoms with Gasteiger partial charge in [0, 0.05) is 19.3 Å². The SMILES string of the molecule is CCC#CCC#CCC#CCC#CCC#CCCCC(=O)O. The molecule has 1 N–H and O–H groups in total. The second kappa shape index (κ2) is 16.3. The van der Waals surface area contributed by atoms with E-state index in [-0.39, 0.29) is 6.42 Å². The first-order chi connectivity index (χ1) is 10.8. The van der Waals surface area contributed by atoms with E-state index in [9.17, 15) is 4.79 Å². The fourth-order valence-corrected chi connectivity index (χ4v) is 1.22. The molecule has 0 spiro atoms. The summed E-state index contributed by atoms with van der Waals surface area (Å²) in [6, 6.07) is 0. The van der Waals surface area contributed by atoms with Gasteiger partial charge in [0.25, 0.3) is 0 Å². The van der Waals surface area contributed by atoms with Gasteiger partial charge in [0.1, 0.15) is 0 Å². The first-order valence-corrected chi connectivity index (χ1v) is 7.27. The van der Waals surface area contributed by atoms with Crippen molar-refractivity contribution in [3.05, 3.63) is 0 Å². The van der Waals surface area contributed by atoms with Crippen LogP contribution < -0.4 is 0 Å². The van der Waals surface area contributed by atoms with E-state index in [1.54, 1.807) is 0 Å². The number of aliphatic carboxylic acids is 1. The second-order valence-electron chi connectivity index (χ2n) is 4.08. The maximum atomic E-state index is 10.3. The van der Waals surface area contributed by atoms with E-state index >= 15 is 0 Å². The van der Waals surface area contributed by atoms with Crippen LogP contribution in [0.15, 0.2) is 0 Å². The lowest BCUT2D eigenvalue weighted by Gasteiger charge is -1.86. The summed E-state index contributed by atoms with van der Waals surface area (Å²) >= 11 is 0. The minimum atomic E-state index is -0.779. The highest BCUT2D eigenvalue weighted by Gasteiger charge is 1.92. The molecule has 0 aromatic rings. The highest BCUT2D eigenvalue weighted by Crippen LogP contribution is 1.92. The molecule has 0 aliphatic heterocycles. The summed E-state index contributed by atoms with van der Waals surface area (Å²) in [5.41, 5.74) is 0. The Kier molecular flexibility index (Phi) is 14.3. The van der Waals surface area contributed by atoms with E-state index < -0.39 is 5.97 Å². The molecule has 0 bridgehead atoms. The van der Waals surface area contributed by atoms with Gasteiger partial charge in [-0.25, -0.2) is 0 Å². The predicted molar refractivity (Wildman–Crippen MR) is 89.1 cm³/mol. The Labute approximate surface area is 134 Å². The lowest BCUT2D eigenvalue weighted by atomic mass is 10.2. The summed E-state index contributed by atoms with van der Waals surface area (Å²) in [6.45, 7) is 2.01. The van der Waals surface area contributed by atoms with Crippen LogP contribution in [0.1, 0.15) is 58.3 Å². The molecule has 0 fully saturated rings. The molecule has 0 amide bonds. The van der Waals surface area contributed by atoms with Crippen molar-refractivity contribution in [2.75, 3.05) is 0 Å². The molecule has 0 aliphatic carbocycles. The van der Waals surface area contributed by atoms with Crippen LogP contribution in [0.2, 0.25) is 0 Å². The van der Waals surface area contributed by atoms with Crippen LogP contribution in [-0.2, 0) is 4.79 Å². The molecule has 0 radical (unpaired) electrons. The monoisotopic (exact) mass is 292 g/mol. The minimum absolute atomic E-state index is 0.171. The maximum absolute atomic E-state index is 10.3. The fraction of sp³-hybridized carbons (Fsp3) is 0.450. The second-order valence-corrected chi connectivity index (χ2v) is 4.08. The highest BCUT2D eigenvalue weighted by molar-refractivity contribution is 5.66. The highest BCUT2D eigenvalue weighted by atomic mass is 16.4. The Hall–Kier alpha value is -2.73. The zero-order valence-corrected chi connectivity index (χ0v) is 13.0. The molecule has 0 aromatic carbocycles. The average molecular weight is 292 g/mol. The summed E-state index contributed by atoms with van der Waals surface area (Å²) in [4.78, 5) is 10.3. The van der Waals surface area contributed by atoms with Gasteiger partial charge in [-0.15, -0.1) is 11.8 Å². The third-order valence-corrected chi connectivity index (χ3v) is 2.20. The van der Waals surface area contributed by atoms with E-state index in [4.69, 9.17) is 5.11 Å². The molecular weight excluding hydrogens is 272 g/mol. The third kappa shape index (κ3) is 17.3. The third-order valence-electron chi connectivity index (χ3n) is 2.20. The smallest absolute Gasteiger partial charge is 0.303 e. The maximum Gasteiger partial charge on any atom is 0.303 e. The molecule has 0 atom stereocenters. The van der Waals surface area contributed by atoms with Gasteiger partial charge >= 0.3 is 5.97 Å². The quantitative estimate of drug-likeness (QED) is 0.640. The Morgan fingerprint density at radius 3 is 1.55 bits per heavy atom. The number of carboxylic acid groups (broad SMARTS) is 1. The number of carbonyl (C=O) groups is 1. The van der Waals surface area contributed by atoms with Gasteiger partial charge < -0.3 is 5.11 Å². The van der Waals surface area contributed by atoms with Crippen molar-refractivity contribution in [3.8, 4) is 59.2 Å². The largest absolute Gasteiger partial charge is 0.481 e. The molecule has 112 valence electrons. The van der Waals surface area contributed by atoms with E-state index in [0.717, 1.165) is 6.42 Å². The van der Waals surface area contributed by atoms with Crippen molar-refractivity contribution in [2.45, 2.75) is 58.3 Å². The molecule has 0 aliphatic rings. The first-order valence-electron chi connectivity index (χ1n) is 7.27. The number of carboxylic acids is 1. The fourth-order valence-electron chi connectivity index (χ4n) is 1.22. The van der Waals surface area contributed by atoms with Crippen LogP contribution in [-0.4, -0.2) is 11.1 Å². The molecule has 0 heterocycles. The van der Waals surface area contributed by atoms with Crippen LogP contribution in [0.4, 0.5) is 0 Å². The molecule has 0 saturated carbocycles. The van der Waals surface area contributed by atoms with Gasteiger partial charge in [-0.1, -0.05) is 54.3 Å². The van der Waals surface area contributed by atoms with E-state index in [1.807, 2.05) is 6.92 Å². The molecule has 0 aromatic heterocycles. The van der Waals surface area contributed by atoms with Crippen molar-refractivity contribution in [3.63, 3.8) is 0 Å². The van der Waals surface area contributed by atoms with Gasteiger partial charge in [-0.3, -0.25) is 4.79 Å². The molecule has 0 saturated heterocycles. The summed E-state index contributed by atoms with van der Waals surface area (Å²) in [7, 11) is 0. The first kappa shape index (κ1) is 19.3. The van der Waals surface area contributed by atoms with Crippen LogP contribution >= 0.6 is 0 Å². The summed E-state index contributed by atoms with van der Waals surface area (Å²) in [6.07, 6.45) is 4.43. The molecule has 0 rings (SSSR count). The Morgan fingerprint density at radius 2 is 1.14 bits per heavy atom. The predicted octanol–water partition coefficient (Wildman–Crippen LogP) is 3.23. The van der Waals surface area contributed by atoms with Crippen molar-refractivity contribution in [1.82, 2.24) is 0 Å². The lowest BCUT2D eigenvalue weighted by molar-refractivity contribution is -0.137. The van der Waals surface area contributed by atoms with Crippen molar-refractivity contribution >= 4 is 5.97 Å². The van der Waals surface area contributed by atoms with Crippen LogP contribution in [0.3, 0.4) is 0 Å². The van der Waals surface area contributed by atoms with Crippen molar-refractivity contribution in [2.24, 2.45) is 0 Å². The molecule has 2 heteroatoms. The lowest BCUT2D eigenvalue weighted by Crippen LogP contribution is -1.92. The van der Waals surface area contributed by atoms with E-state index in [2.05, 4.69) is 59.2 Å². The van der Waals surface area contributed by atoms with Gasteiger partial charge in [0.05, 0.1) is 25.7 Å². The van der Waals surface area contributed by atoms with E-state index in [0.29, 0.717) is 38.5 Å². The van der Waals surface area contributed by atoms with Crippen LogP contribution in [0.25, 0.3) is 0 Å². The van der Waals surface area contributed by atoms with Crippen LogP contribution in [0.5, 0.6) is 0 Å². The molecular formula is C20H20O2. The van der Waals surface area contributed by atoms with Gasteiger partial charge in [-0.05, 0) is 6.42 Å². The summed E-state index contributed by atoms with van der Waals surface area (Å²) < 4.78 is 0. The Bertz CT molecular complexity index is 628. The summed E-state index contributed by atoms with van der Waals surface area (Å²) in [5.74, 6) is 28.5. The summed E-state index contributed by atoms with van der Waals surface area (Å²) in [5, 5.41) is 8.44. The molecule has 2 nitrogen and oxygen atoms in total. The van der Waals surface area contributed by atoms with Crippen molar-refractivity contribution < 1.29 is 9.90 Å². The van der Waals surface area contributed by atoms with Gasteiger partial charge in [0.15, 0.2) is 0 Å².